The van der Waals surface area contributed by atoms with E-state index in [4.69, 9.17) is 5.11 Å². The first-order valence-electron chi connectivity index (χ1n) is 6.59. The van der Waals surface area contributed by atoms with Crippen LogP contribution in [0.1, 0.15) is 55.6 Å². The molecule has 94 valence electrons. The van der Waals surface area contributed by atoms with Crippen LogP contribution in [0.5, 0.6) is 0 Å². The Hall–Kier alpha value is -0.860. The molecular formula is C15H22O2. The average Bonchev–Trinajstić information content (AvgIpc) is 2.38. The van der Waals surface area contributed by atoms with Gasteiger partial charge < -0.3 is 10.2 Å². The van der Waals surface area contributed by atoms with E-state index in [0.717, 1.165) is 19.3 Å². The highest BCUT2D eigenvalue weighted by Gasteiger charge is 2.21. The summed E-state index contributed by atoms with van der Waals surface area (Å²) in [6.45, 7) is 2.22. The summed E-state index contributed by atoms with van der Waals surface area (Å²) in [7, 11) is 0. The van der Waals surface area contributed by atoms with E-state index in [2.05, 4.69) is 24.3 Å². The highest BCUT2D eigenvalue weighted by Crippen LogP contribution is 2.33. The van der Waals surface area contributed by atoms with Crippen molar-refractivity contribution >= 4 is 0 Å². The molecule has 1 fully saturated rings. The zero-order valence-electron chi connectivity index (χ0n) is 10.5. The van der Waals surface area contributed by atoms with Crippen LogP contribution in [0.4, 0.5) is 0 Å². The van der Waals surface area contributed by atoms with Gasteiger partial charge in [0, 0.05) is 12.5 Å². The monoisotopic (exact) mass is 234 g/mol. The summed E-state index contributed by atoms with van der Waals surface area (Å²) < 4.78 is 0. The largest absolute Gasteiger partial charge is 0.396 e. The standard InChI is InChI=1S/C15H22O2/c1-11(10-16)12-5-7-13(8-6-12)14-3-2-4-15(17)9-14/h5-8,11,14-17H,2-4,9-10H2,1H3/t11?,14-,15+/m1/s1. The molecule has 0 saturated heterocycles. The Morgan fingerprint density at radius 1 is 1.24 bits per heavy atom. The van der Waals surface area contributed by atoms with Crippen molar-refractivity contribution in [2.75, 3.05) is 6.61 Å². The van der Waals surface area contributed by atoms with Crippen LogP contribution in [0, 0.1) is 0 Å². The predicted octanol–water partition coefficient (Wildman–Crippen LogP) is 2.80. The molecule has 0 heterocycles. The fraction of sp³-hybridized carbons (Fsp3) is 0.600. The molecule has 2 N–H and O–H groups in total. The van der Waals surface area contributed by atoms with Crippen LogP contribution in [0.25, 0.3) is 0 Å². The van der Waals surface area contributed by atoms with Gasteiger partial charge in [0.2, 0.25) is 0 Å². The van der Waals surface area contributed by atoms with E-state index in [1.54, 1.807) is 0 Å². The Bertz CT molecular complexity index is 344. The van der Waals surface area contributed by atoms with Crippen LogP contribution in [-0.2, 0) is 0 Å². The van der Waals surface area contributed by atoms with E-state index in [9.17, 15) is 5.11 Å². The van der Waals surface area contributed by atoms with E-state index in [1.807, 2.05) is 6.92 Å². The second-order valence-electron chi connectivity index (χ2n) is 5.27. The SMILES string of the molecule is CC(CO)c1ccc([C@@H]2CCC[C@H](O)C2)cc1. The quantitative estimate of drug-likeness (QED) is 0.844. The first-order valence-corrected chi connectivity index (χ1v) is 6.59. The molecule has 2 nitrogen and oxygen atoms in total. The molecule has 0 aromatic heterocycles. The summed E-state index contributed by atoms with van der Waals surface area (Å²) >= 11 is 0. The van der Waals surface area contributed by atoms with Crippen molar-refractivity contribution in [3.8, 4) is 0 Å². The fourth-order valence-corrected chi connectivity index (χ4v) is 2.67. The van der Waals surface area contributed by atoms with Crippen LogP contribution in [0.15, 0.2) is 24.3 Å². The van der Waals surface area contributed by atoms with Crippen molar-refractivity contribution in [3.05, 3.63) is 35.4 Å². The molecule has 0 radical (unpaired) electrons. The lowest BCUT2D eigenvalue weighted by Crippen LogP contribution is -2.18. The third-order valence-corrected chi connectivity index (χ3v) is 3.90. The molecule has 1 aliphatic rings. The van der Waals surface area contributed by atoms with Crippen LogP contribution < -0.4 is 0 Å². The molecule has 1 saturated carbocycles. The first-order chi connectivity index (χ1) is 8.20. The zero-order chi connectivity index (χ0) is 12.3. The van der Waals surface area contributed by atoms with Gasteiger partial charge in [-0.05, 0) is 36.3 Å². The predicted molar refractivity (Wildman–Crippen MR) is 69.2 cm³/mol. The van der Waals surface area contributed by atoms with E-state index in [1.165, 1.54) is 17.5 Å². The van der Waals surface area contributed by atoms with Crippen LogP contribution >= 0.6 is 0 Å². The van der Waals surface area contributed by atoms with Crippen LogP contribution in [0.3, 0.4) is 0 Å². The highest BCUT2D eigenvalue weighted by atomic mass is 16.3. The zero-order valence-corrected chi connectivity index (χ0v) is 10.5. The number of aliphatic hydroxyl groups is 2. The second-order valence-corrected chi connectivity index (χ2v) is 5.27. The van der Waals surface area contributed by atoms with Gasteiger partial charge in [0.05, 0.1) is 6.10 Å². The summed E-state index contributed by atoms with van der Waals surface area (Å²) in [5.74, 6) is 0.721. The molecule has 1 aromatic rings. The van der Waals surface area contributed by atoms with Crippen LogP contribution in [0.2, 0.25) is 0 Å². The molecule has 0 bridgehead atoms. The molecular weight excluding hydrogens is 212 g/mol. The van der Waals surface area contributed by atoms with Crippen molar-refractivity contribution in [2.24, 2.45) is 0 Å². The maximum Gasteiger partial charge on any atom is 0.0546 e. The maximum atomic E-state index is 9.69. The molecule has 0 spiro atoms. The number of aliphatic hydroxyl groups excluding tert-OH is 2. The average molecular weight is 234 g/mol. The summed E-state index contributed by atoms with van der Waals surface area (Å²) in [6, 6.07) is 8.53. The molecule has 0 amide bonds. The summed E-state index contributed by atoms with van der Waals surface area (Å²) in [4.78, 5) is 0. The molecule has 1 unspecified atom stereocenters. The van der Waals surface area contributed by atoms with Crippen molar-refractivity contribution in [1.82, 2.24) is 0 Å². The number of benzene rings is 1. The minimum Gasteiger partial charge on any atom is -0.396 e. The lowest BCUT2D eigenvalue weighted by molar-refractivity contribution is 0.119. The van der Waals surface area contributed by atoms with Crippen molar-refractivity contribution < 1.29 is 10.2 Å². The molecule has 0 aliphatic heterocycles. The molecule has 1 aliphatic carbocycles. The van der Waals surface area contributed by atoms with Crippen molar-refractivity contribution in [3.63, 3.8) is 0 Å². The van der Waals surface area contributed by atoms with Gasteiger partial charge in [0.1, 0.15) is 0 Å². The van der Waals surface area contributed by atoms with Crippen molar-refractivity contribution in [1.29, 1.82) is 0 Å². The third kappa shape index (κ3) is 3.08. The Balaban J connectivity index is 2.06. The maximum absolute atomic E-state index is 9.69. The summed E-state index contributed by atoms with van der Waals surface area (Å²) in [6.07, 6.45) is 4.04. The van der Waals surface area contributed by atoms with Crippen molar-refractivity contribution in [2.45, 2.75) is 50.5 Å². The Morgan fingerprint density at radius 2 is 1.94 bits per heavy atom. The van der Waals surface area contributed by atoms with Gasteiger partial charge in [-0.15, -0.1) is 0 Å². The first kappa shape index (κ1) is 12.6. The Labute approximate surface area is 103 Å². The number of hydrogen-bond donors (Lipinski definition) is 2. The second kappa shape index (κ2) is 5.65. The molecule has 2 rings (SSSR count). The topological polar surface area (TPSA) is 40.5 Å². The highest BCUT2D eigenvalue weighted by molar-refractivity contribution is 5.27. The Morgan fingerprint density at radius 3 is 2.53 bits per heavy atom. The van der Waals surface area contributed by atoms with Gasteiger partial charge in [-0.1, -0.05) is 37.6 Å². The lowest BCUT2D eigenvalue weighted by Gasteiger charge is -2.26. The van der Waals surface area contributed by atoms with Gasteiger partial charge in [-0.2, -0.15) is 0 Å². The molecule has 17 heavy (non-hydrogen) atoms. The minimum absolute atomic E-state index is 0.121. The normalized spacial score (nSPS) is 26.8. The lowest BCUT2D eigenvalue weighted by atomic mass is 9.82. The van der Waals surface area contributed by atoms with E-state index >= 15 is 0 Å². The summed E-state index contributed by atoms with van der Waals surface area (Å²) in [5.41, 5.74) is 2.52. The number of rotatable bonds is 3. The van der Waals surface area contributed by atoms with Gasteiger partial charge in [0.15, 0.2) is 0 Å². The molecule has 3 atom stereocenters. The number of hydrogen-bond acceptors (Lipinski definition) is 2. The smallest absolute Gasteiger partial charge is 0.0546 e. The molecule has 1 aromatic carbocycles. The van der Waals surface area contributed by atoms with Gasteiger partial charge >= 0.3 is 0 Å². The minimum atomic E-state index is -0.121. The molecule has 2 heteroatoms. The van der Waals surface area contributed by atoms with Crippen LogP contribution in [-0.4, -0.2) is 22.9 Å². The summed E-state index contributed by atoms with van der Waals surface area (Å²) in [5, 5.41) is 18.8. The fourth-order valence-electron chi connectivity index (χ4n) is 2.67. The van der Waals surface area contributed by atoms with E-state index in [0.29, 0.717) is 5.92 Å². The van der Waals surface area contributed by atoms with E-state index < -0.39 is 0 Å². The van der Waals surface area contributed by atoms with Gasteiger partial charge in [0.25, 0.3) is 0 Å². The van der Waals surface area contributed by atoms with E-state index in [-0.39, 0.29) is 18.6 Å². The Kier molecular flexibility index (Phi) is 4.19. The van der Waals surface area contributed by atoms with Gasteiger partial charge in [-0.25, -0.2) is 0 Å². The van der Waals surface area contributed by atoms with Gasteiger partial charge in [-0.3, -0.25) is 0 Å². The third-order valence-electron chi connectivity index (χ3n) is 3.90.